The van der Waals surface area contributed by atoms with E-state index in [-0.39, 0.29) is 5.75 Å². The number of thioether (sulfide) groups is 1. The van der Waals surface area contributed by atoms with Crippen molar-refractivity contribution in [2.24, 2.45) is 0 Å². The number of allylic oxidation sites excluding steroid dienone is 2. The first-order chi connectivity index (χ1) is 16.7. The van der Waals surface area contributed by atoms with Gasteiger partial charge in [-0.05, 0) is 91.5 Å². The molecule has 3 aromatic carbocycles. The van der Waals surface area contributed by atoms with Crippen LogP contribution in [0.5, 0.6) is 23.0 Å². The number of piperidine rings is 1. The number of ether oxygens (including phenoxy) is 2. The van der Waals surface area contributed by atoms with Crippen molar-refractivity contribution < 1.29 is 14.6 Å². The fourth-order valence-corrected chi connectivity index (χ4v) is 6.04. The molecular formula is C29H33NO3S. The Bertz CT molecular complexity index is 1150. The van der Waals surface area contributed by atoms with Crippen LogP contribution in [-0.4, -0.2) is 36.2 Å². The summed E-state index contributed by atoms with van der Waals surface area (Å²) in [6.45, 7) is 6.28. The van der Waals surface area contributed by atoms with E-state index in [4.69, 9.17) is 9.47 Å². The lowest BCUT2D eigenvalue weighted by Crippen LogP contribution is -2.33. The highest BCUT2D eigenvalue weighted by atomic mass is 32.2. The molecule has 34 heavy (non-hydrogen) atoms. The molecule has 3 aromatic rings. The van der Waals surface area contributed by atoms with Crippen molar-refractivity contribution in [3.05, 3.63) is 71.1 Å². The van der Waals surface area contributed by atoms with Crippen molar-refractivity contribution in [2.45, 2.75) is 44.3 Å². The molecule has 1 unspecified atom stereocenters. The van der Waals surface area contributed by atoms with E-state index in [1.807, 2.05) is 42.1 Å². The molecule has 1 N–H and O–H groups in total. The van der Waals surface area contributed by atoms with Gasteiger partial charge in [-0.15, -0.1) is 11.8 Å². The maximum atomic E-state index is 9.97. The van der Waals surface area contributed by atoms with E-state index in [0.717, 1.165) is 47.4 Å². The molecule has 178 valence electrons. The number of nitrogens with zero attached hydrogens (tertiary/aromatic N) is 1. The molecule has 1 fully saturated rings. The fraction of sp³-hybridized carbons (Fsp3) is 0.379. The molecule has 0 aliphatic carbocycles. The lowest BCUT2D eigenvalue weighted by molar-refractivity contribution is 0.183. The minimum Gasteiger partial charge on any atom is -0.508 e. The van der Waals surface area contributed by atoms with Crippen molar-refractivity contribution in [3.8, 4) is 23.0 Å². The van der Waals surface area contributed by atoms with Crippen molar-refractivity contribution in [3.63, 3.8) is 0 Å². The molecule has 0 aromatic heterocycles. The molecule has 5 heteroatoms. The number of hydrogen-bond donors (Lipinski definition) is 1. The van der Waals surface area contributed by atoms with E-state index < -0.39 is 0 Å². The maximum Gasteiger partial charge on any atom is 0.139 e. The number of phenolic OH excluding ortho intramolecular Hbond substituents is 1. The molecule has 0 amide bonds. The van der Waals surface area contributed by atoms with E-state index in [0.29, 0.717) is 11.9 Å². The molecular weight excluding hydrogens is 442 g/mol. The van der Waals surface area contributed by atoms with Crippen LogP contribution in [0.3, 0.4) is 0 Å². The molecule has 0 radical (unpaired) electrons. The SMILES string of the molecule is CCC1=CCC(c2ccc3cc(O)ccc3c2Oc2ccc(OCCN3CCCCC3)cc2)S1. The second kappa shape index (κ2) is 10.7. The van der Waals surface area contributed by atoms with Gasteiger partial charge >= 0.3 is 0 Å². The lowest BCUT2D eigenvalue weighted by atomic mass is 10.0. The normalized spacial score (nSPS) is 18.7. The van der Waals surface area contributed by atoms with Gasteiger partial charge in [-0.3, -0.25) is 4.90 Å². The van der Waals surface area contributed by atoms with E-state index >= 15 is 0 Å². The highest BCUT2D eigenvalue weighted by Gasteiger charge is 2.24. The van der Waals surface area contributed by atoms with Gasteiger partial charge in [0.05, 0.1) is 0 Å². The van der Waals surface area contributed by atoms with Crippen LogP contribution in [0, 0.1) is 0 Å². The Morgan fingerprint density at radius 1 is 0.971 bits per heavy atom. The molecule has 0 bridgehead atoms. The topological polar surface area (TPSA) is 41.9 Å². The van der Waals surface area contributed by atoms with E-state index in [1.54, 1.807) is 12.1 Å². The first-order valence-electron chi connectivity index (χ1n) is 12.4. The van der Waals surface area contributed by atoms with Gasteiger partial charge in [0.1, 0.15) is 29.6 Å². The van der Waals surface area contributed by atoms with E-state index in [2.05, 4.69) is 30.0 Å². The summed E-state index contributed by atoms with van der Waals surface area (Å²) in [4.78, 5) is 3.92. The van der Waals surface area contributed by atoms with Crippen LogP contribution in [0.25, 0.3) is 10.8 Å². The summed E-state index contributed by atoms with van der Waals surface area (Å²) in [5.74, 6) is 2.80. The zero-order valence-corrected chi connectivity index (χ0v) is 20.7. The highest BCUT2D eigenvalue weighted by Crippen LogP contribution is 2.50. The Morgan fingerprint density at radius 2 is 1.76 bits per heavy atom. The highest BCUT2D eigenvalue weighted by molar-refractivity contribution is 8.03. The summed E-state index contributed by atoms with van der Waals surface area (Å²) >= 11 is 1.93. The number of fused-ring (bicyclic) bond motifs is 1. The van der Waals surface area contributed by atoms with Gasteiger partial charge in [-0.2, -0.15) is 0 Å². The largest absolute Gasteiger partial charge is 0.508 e. The number of likely N-dealkylation sites (tertiary alicyclic amines) is 1. The standard InChI is InChI=1S/C29H33NO3S/c1-2-25-12-15-28(34-25)27-13-6-21-20-22(31)7-14-26(21)29(27)33-24-10-8-23(9-11-24)32-19-18-30-16-4-3-5-17-30/h6-14,20,28,31H,2-5,15-19H2,1H3. The summed E-state index contributed by atoms with van der Waals surface area (Å²) in [6.07, 6.45) is 8.38. The Balaban J connectivity index is 1.32. The predicted octanol–water partition coefficient (Wildman–Crippen LogP) is 7.67. The molecule has 0 saturated carbocycles. The number of benzene rings is 3. The van der Waals surface area contributed by atoms with Crippen molar-refractivity contribution in [1.82, 2.24) is 4.90 Å². The number of phenols is 1. The monoisotopic (exact) mass is 475 g/mol. The van der Waals surface area contributed by atoms with Gasteiger partial charge in [0.25, 0.3) is 0 Å². The molecule has 1 atom stereocenters. The summed E-state index contributed by atoms with van der Waals surface area (Å²) in [7, 11) is 0. The second-order valence-electron chi connectivity index (χ2n) is 9.08. The summed E-state index contributed by atoms with van der Waals surface area (Å²) in [6, 6.07) is 17.7. The summed E-state index contributed by atoms with van der Waals surface area (Å²) in [5, 5.41) is 12.3. The van der Waals surface area contributed by atoms with E-state index in [9.17, 15) is 5.11 Å². The molecule has 0 spiro atoms. The number of rotatable bonds is 8. The summed E-state index contributed by atoms with van der Waals surface area (Å²) < 4.78 is 12.5. The van der Waals surface area contributed by atoms with Crippen molar-refractivity contribution in [2.75, 3.05) is 26.2 Å². The Morgan fingerprint density at radius 3 is 2.53 bits per heavy atom. The quantitative estimate of drug-likeness (QED) is 0.362. The summed E-state index contributed by atoms with van der Waals surface area (Å²) in [5.41, 5.74) is 1.20. The molecule has 1 saturated heterocycles. The van der Waals surface area contributed by atoms with Gasteiger partial charge in [0.2, 0.25) is 0 Å². The molecule has 2 aliphatic heterocycles. The third kappa shape index (κ3) is 5.37. The average molecular weight is 476 g/mol. The third-order valence-corrected chi connectivity index (χ3v) is 8.19. The van der Waals surface area contributed by atoms with Crippen molar-refractivity contribution >= 4 is 22.5 Å². The first kappa shape index (κ1) is 23.1. The maximum absolute atomic E-state index is 9.97. The Hall–Kier alpha value is -2.63. The van der Waals surface area contributed by atoms with Crippen LogP contribution < -0.4 is 9.47 Å². The minimum absolute atomic E-state index is 0.266. The molecule has 4 nitrogen and oxygen atoms in total. The van der Waals surface area contributed by atoms with Crippen LogP contribution in [-0.2, 0) is 0 Å². The third-order valence-electron chi connectivity index (χ3n) is 6.70. The smallest absolute Gasteiger partial charge is 0.139 e. The number of hydrogen-bond acceptors (Lipinski definition) is 5. The van der Waals surface area contributed by atoms with Gasteiger partial charge in [-0.1, -0.05) is 31.6 Å². The Labute approximate surface area is 206 Å². The fourth-order valence-electron chi connectivity index (χ4n) is 4.81. The minimum atomic E-state index is 0.266. The Kier molecular flexibility index (Phi) is 7.31. The van der Waals surface area contributed by atoms with E-state index in [1.165, 1.54) is 42.8 Å². The molecule has 5 rings (SSSR count). The van der Waals surface area contributed by atoms with Gasteiger partial charge in [-0.25, -0.2) is 0 Å². The predicted molar refractivity (Wildman–Crippen MR) is 141 cm³/mol. The van der Waals surface area contributed by atoms with Crippen molar-refractivity contribution in [1.29, 1.82) is 0 Å². The lowest BCUT2D eigenvalue weighted by Gasteiger charge is -2.26. The molecule has 2 heterocycles. The van der Waals surface area contributed by atoms with Gasteiger partial charge in [0.15, 0.2) is 0 Å². The number of aromatic hydroxyl groups is 1. The van der Waals surface area contributed by atoms with Gasteiger partial charge in [0, 0.05) is 22.7 Å². The average Bonchev–Trinajstić information content (AvgIpc) is 3.35. The van der Waals surface area contributed by atoms with Crippen LogP contribution in [0.1, 0.15) is 49.8 Å². The van der Waals surface area contributed by atoms with Gasteiger partial charge < -0.3 is 14.6 Å². The first-order valence-corrected chi connectivity index (χ1v) is 13.3. The molecule has 2 aliphatic rings. The van der Waals surface area contributed by atoms with Crippen LogP contribution >= 0.6 is 11.8 Å². The second-order valence-corrected chi connectivity index (χ2v) is 10.4. The zero-order chi connectivity index (χ0) is 23.3. The van der Waals surface area contributed by atoms with Crippen LogP contribution in [0.2, 0.25) is 0 Å². The van der Waals surface area contributed by atoms with Crippen LogP contribution in [0.4, 0.5) is 0 Å². The zero-order valence-electron chi connectivity index (χ0n) is 19.8. The van der Waals surface area contributed by atoms with Crippen LogP contribution in [0.15, 0.2) is 65.6 Å².